The minimum Gasteiger partial charge on any atom is -0.399 e. The second-order valence-electron chi connectivity index (χ2n) is 4.15. The van der Waals surface area contributed by atoms with E-state index in [-0.39, 0.29) is 10.8 Å². The number of primary sulfonamides is 1. The zero-order valence-corrected chi connectivity index (χ0v) is 11.7. The van der Waals surface area contributed by atoms with E-state index in [9.17, 15) is 13.2 Å². The van der Waals surface area contributed by atoms with Crippen molar-refractivity contribution < 1.29 is 13.2 Å². The van der Waals surface area contributed by atoms with Gasteiger partial charge in [0.2, 0.25) is 15.9 Å². The predicted octanol–water partition coefficient (Wildman–Crippen LogP) is -0.227. The van der Waals surface area contributed by atoms with Crippen LogP contribution in [-0.2, 0) is 14.8 Å². The van der Waals surface area contributed by atoms with Gasteiger partial charge < -0.3 is 16.4 Å². The van der Waals surface area contributed by atoms with Crippen molar-refractivity contribution >= 4 is 27.3 Å². The summed E-state index contributed by atoms with van der Waals surface area (Å²) in [5.74, 6) is -0.128. The molecule has 0 aromatic heterocycles. The summed E-state index contributed by atoms with van der Waals surface area (Å²) in [4.78, 5) is 10.7. The summed E-state index contributed by atoms with van der Waals surface area (Å²) in [6.07, 6.45) is 0. The quantitative estimate of drug-likeness (QED) is 0.439. The molecule has 0 aliphatic carbocycles. The van der Waals surface area contributed by atoms with E-state index in [0.29, 0.717) is 30.0 Å². The fourth-order valence-corrected chi connectivity index (χ4v) is 2.46. The fraction of sp³-hybridized carbons (Fsp3) is 0.364. The molecule has 1 aromatic carbocycles. The number of carbonyl (C=O) groups excluding carboxylic acids is 1. The Balaban J connectivity index is 2.90. The second-order valence-corrected chi connectivity index (χ2v) is 5.68. The Morgan fingerprint density at radius 3 is 2.47 bits per heavy atom. The number of anilines is 2. The van der Waals surface area contributed by atoms with Crippen LogP contribution in [0.25, 0.3) is 0 Å². The van der Waals surface area contributed by atoms with Gasteiger partial charge in [0, 0.05) is 31.4 Å². The third-order valence-corrected chi connectivity index (χ3v) is 3.54. The van der Waals surface area contributed by atoms with Crippen LogP contribution in [0.5, 0.6) is 0 Å². The number of hydrogen-bond acceptors (Lipinski definition) is 5. The lowest BCUT2D eigenvalue weighted by molar-refractivity contribution is -0.118. The van der Waals surface area contributed by atoms with Gasteiger partial charge in [-0.25, -0.2) is 13.6 Å². The monoisotopic (exact) mass is 286 g/mol. The average molecular weight is 286 g/mol. The molecule has 19 heavy (non-hydrogen) atoms. The van der Waals surface area contributed by atoms with E-state index < -0.39 is 10.0 Å². The number of nitrogens with one attached hydrogen (secondary N) is 2. The number of rotatable bonds is 5. The van der Waals surface area contributed by atoms with Crippen molar-refractivity contribution in [3.05, 3.63) is 17.7 Å². The Morgan fingerprint density at radius 2 is 1.95 bits per heavy atom. The van der Waals surface area contributed by atoms with Crippen LogP contribution < -0.4 is 21.5 Å². The number of nitrogen functional groups attached to an aromatic ring is 1. The van der Waals surface area contributed by atoms with Gasteiger partial charge in [-0.3, -0.25) is 4.79 Å². The highest BCUT2D eigenvalue weighted by atomic mass is 32.2. The Bertz CT molecular complexity index is 584. The van der Waals surface area contributed by atoms with E-state index in [1.165, 1.54) is 13.0 Å². The highest BCUT2D eigenvalue weighted by Crippen LogP contribution is 2.25. The standard InChI is InChI=1S/C11H18N4O3S/c1-7-10(15-4-3-14-8(2)16)5-9(12)6-11(7)19(13,17)18/h5-6,15H,3-4,12H2,1-2H3,(H,14,16)(H2,13,17,18). The third-order valence-electron chi connectivity index (χ3n) is 2.50. The average Bonchev–Trinajstić information content (AvgIpc) is 2.26. The van der Waals surface area contributed by atoms with Gasteiger partial charge in [0.1, 0.15) is 0 Å². The van der Waals surface area contributed by atoms with Gasteiger partial charge in [-0.2, -0.15) is 0 Å². The zero-order chi connectivity index (χ0) is 14.6. The summed E-state index contributed by atoms with van der Waals surface area (Å²) >= 11 is 0. The van der Waals surface area contributed by atoms with E-state index in [2.05, 4.69) is 10.6 Å². The van der Waals surface area contributed by atoms with Crippen molar-refractivity contribution in [2.24, 2.45) is 5.14 Å². The molecule has 0 bridgehead atoms. The summed E-state index contributed by atoms with van der Waals surface area (Å²) in [6.45, 7) is 3.94. The Morgan fingerprint density at radius 1 is 1.32 bits per heavy atom. The van der Waals surface area contributed by atoms with Crippen LogP contribution in [0.4, 0.5) is 11.4 Å². The maximum absolute atomic E-state index is 11.4. The van der Waals surface area contributed by atoms with Gasteiger partial charge >= 0.3 is 0 Å². The van der Waals surface area contributed by atoms with Gasteiger partial charge in [-0.1, -0.05) is 0 Å². The fourth-order valence-electron chi connectivity index (χ4n) is 1.62. The van der Waals surface area contributed by atoms with Crippen LogP contribution in [0, 0.1) is 6.92 Å². The molecule has 0 atom stereocenters. The molecule has 1 rings (SSSR count). The largest absolute Gasteiger partial charge is 0.399 e. The van der Waals surface area contributed by atoms with E-state index >= 15 is 0 Å². The number of benzene rings is 1. The molecule has 6 N–H and O–H groups in total. The molecular weight excluding hydrogens is 268 g/mol. The first-order valence-electron chi connectivity index (χ1n) is 5.63. The summed E-state index contributed by atoms with van der Waals surface area (Å²) < 4.78 is 22.8. The molecule has 0 radical (unpaired) electrons. The third kappa shape index (κ3) is 4.42. The highest BCUT2D eigenvalue weighted by Gasteiger charge is 2.15. The van der Waals surface area contributed by atoms with Crippen molar-refractivity contribution in [2.45, 2.75) is 18.7 Å². The molecule has 106 valence electrons. The van der Waals surface area contributed by atoms with Crippen LogP contribution in [0.15, 0.2) is 17.0 Å². The number of carbonyl (C=O) groups is 1. The maximum atomic E-state index is 11.4. The molecule has 1 aromatic rings. The number of nitrogens with two attached hydrogens (primary N) is 2. The molecule has 7 nitrogen and oxygen atoms in total. The number of sulfonamides is 1. The van der Waals surface area contributed by atoms with Crippen molar-refractivity contribution in [1.29, 1.82) is 0 Å². The second kappa shape index (κ2) is 5.89. The minimum absolute atomic E-state index is 0.00507. The van der Waals surface area contributed by atoms with E-state index in [0.717, 1.165) is 0 Å². The Hall–Kier alpha value is -1.80. The summed E-state index contributed by atoms with van der Waals surface area (Å²) in [5, 5.41) is 10.7. The van der Waals surface area contributed by atoms with Gasteiger partial charge in [0.25, 0.3) is 0 Å². The van der Waals surface area contributed by atoms with E-state index in [1.807, 2.05) is 0 Å². The molecule has 8 heteroatoms. The van der Waals surface area contributed by atoms with Crippen LogP contribution in [0.2, 0.25) is 0 Å². The molecule has 0 unspecified atom stereocenters. The normalized spacial score (nSPS) is 11.1. The van der Waals surface area contributed by atoms with Gasteiger partial charge in [0.15, 0.2) is 0 Å². The number of amides is 1. The molecule has 0 spiro atoms. The Labute approximate surface area is 112 Å². The van der Waals surface area contributed by atoms with E-state index in [1.54, 1.807) is 13.0 Å². The first-order chi connectivity index (χ1) is 8.71. The van der Waals surface area contributed by atoms with Crippen molar-refractivity contribution in [3.63, 3.8) is 0 Å². The van der Waals surface area contributed by atoms with Crippen LogP contribution in [0.1, 0.15) is 12.5 Å². The van der Waals surface area contributed by atoms with E-state index in [4.69, 9.17) is 10.9 Å². The predicted molar refractivity (Wildman–Crippen MR) is 74.1 cm³/mol. The topological polar surface area (TPSA) is 127 Å². The summed E-state index contributed by atoms with van der Waals surface area (Å²) in [5.41, 5.74) is 7.03. The summed E-state index contributed by atoms with van der Waals surface area (Å²) in [6, 6.07) is 2.95. The lowest BCUT2D eigenvalue weighted by Gasteiger charge is -2.13. The molecule has 0 saturated heterocycles. The molecule has 1 amide bonds. The van der Waals surface area contributed by atoms with Crippen molar-refractivity contribution in [1.82, 2.24) is 5.32 Å². The molecule has 0 heterocycles. The first-order valence-corrected chi connectivity index (χ1v) is 7.17. The SMILES string of the molecule is CC(=O)NCCNc1cc(N)cc(S(N)(=O)=O)c1C. The molecule has 0 aliphatic rings. The smallest absolute Gasteiger partial charge is 0.238 e. The molecule has 0 fully saturated rings. The molecule has 0 saturated carbocycles. The van der Waals surface area contributed by atoms with Crippen molar-refractivity contribution in [3.8, 4) is 0 Å². The molecule has 0 aliphatic heterocycles. The number of hydrogen-bond donors (Lipinski definition) is 4. The Kier molecular flexibility index (Phi) is 4.73. The zero-order valence-electron chi connectivity index (χ0n) is 10.9. The minimum atomic E-state index is -3.81. The highest BCUT2D eigenvalue weighted by molar-refractivity contribution is 7.89. The lowest BCUT2D eigenvalue weighted by Crippen LogP contribution is -2.26. The van der Waals surface area contributed by atoms with Crippen LogP contribution in [0.3, 0.4) is 0 Å². The van der Waals surface area contributed by atoms with Gasteiger partial charge in [-0.15, -0.1) is 0 Å². The van der Waals surface area contributed by atoms with Crippen LogP contribution in [-0.4, -0.2) is 27.4 Å². The van der Waals surface area contributed by atoms with Gasteiger partial charge in [-0.05, 0) is 24.6 Å². The lowest BCUT2D eigenvalue weighted by atomic mass is 10.2. The van der Waals surface area contributed by atoms with Gasteiger partial charge in [0.05, 0.1) is 4.90 Å². The first kappa shape index (κ1) is 15.3. The van der Waals surface area contributed by atoms with Crippen molar-refractivity contribution in [2.75, 3.05) is 24.1 Å². The molecular formula is C11H18N4O3S. The summed E-state index contributed by atoms with van der Waals surface area (Å²) in [7, 11) is -3.81. The van der Waals surface area contributed by atoms with Crippen LogP contribution >= 0.6 is 0 Å². The maximum Gasteiger partial charge on any atom is 0.238 e.